The van der Waals surface area contributed by atoms with E-state index in [2.05, 4.69) is 41.4 Å². The molecule has 0 atom stereocenters. The minimum absolute atomic E-state index is 0.675. The van der Waals surface area contributed by atoms with Crippen LogP contribution in [0.1, 0.15) is 5.56 Å². The number of fused-ring (bicyclic) bond motifs is 1. The van der Waals surface area contributed by atoms with Gasteiger partial charge in [0.25, 0.3) is 0 Å². The van der Waals surface area contributed by atoms with Gasteiger partial charge in [0.2, 0.25) is 0 Å². The second-order valence-electron chi connectivity index (χ2n) is 5.76. The van der Waals surface area contributed by atoms with E-state index >= 15 is 0 Å². The van der Waals surface area contributed by atoms with Crippen molar-refractivity contribution in [2.24, 2.45) is 10.2 Å². The SMILES string of the molecule is Cc1ccc(-c2nc3ccccn3c2N=Nc2ccc(Cl)cc2)cc1. The summed E-state index contributed by atoms with van der Waals surface area (Å²) in [5.74, 6) is 0.703. The summed E-state index contributed by atoms with van der Waals surface area (Å²) in [6.45, 7) is 2.06. The van der Waals surface area contributed by atoms with Crippen molar-refractivity contribution in [3.8, 4) is 11.3 Å². The molecule has 122 valence electrons. The topological polar surface area (TPSA) is 42.0 Å². The Hall–Kier alpha value is -2.98. The molecule has 25 heavy (non-hydrogen) atoms. The van der Waals surface area contributed by atoms with Crippen LogP contribution in [0.5, 0.6) is 0 Å². The first-order valence-corrected chi connectivity index (χ1v) is 8.30. The fraction of sp³-hybridized carbons (Fsp3) is 0.0500. The summed E-state index contributed by atoms with van der Waals surface area (Å²) < 4.78 is 1.94. The van der Waals surface area contributed by atoms with E-state index < -0.39 is 0 Å². The maximum Gasteiger partial charge on any atom is 0.187 e. The van der Waals surface area contributed by atoms with Gasteiger partial charge in [-0.15, -0.1) is 10.2 Å². The highest BCUT2D eigenvalue weighted by atomic mass is 35.5. The van der Waals surface area contributed by atoms with Gasteiger partial charge >= 0.3 is 0 Å². The molecule has 0 aliphatic carbocycles. The molecule has 0 amide bonds. The number of imidazole rings is 1. The quantitative estimate of drug-likeness (QED) is 0.397. The van der Waals surface area contributed by atoms with Crippen LogP contribution in [0.2, 0.25) is 5.02 Å². The molecule has 0 aliphatic rings. The average molecular weight is 347 g/mol. The van der Waals surface area contributed by atoms with E-state index in [0.717, 1.165) is 22.6 Å². The minimum atomic E-state index is 0.675. The summed E-state index contributed by atoms with van der Waals surface area (Å²) in [6, 6.07) is 21.4. The highest BCUT2D eigenvalue weighted by Crippen LogP contribution is 2.32. The highest BCUT2D eigenvalue weighted by molar-refractivity contribution is 6.30. The summed E-state index contributed by atoms with van der Waals surface area (Å²) in [5, 5.41) is 9.50. The molecule has 4 aromatic rings. The standard InChI is InChI=1S/C20H15ClN4/c1-14-5-7-15(8-6-14)19-20(25-13-3-2-4-18(25)22-19)24-23-17-11-9-16(21)10-12-17/h2-13H,1H3. The van der Waals surface area contributed by atoms with E-state index in [1.807, 2.05) is 40.9 Å². The van der Waals surface area contributed by atoms with Crippen LogP contribution in [-0.2, 0) is 0 Å². The molecule has 2 aromatic heterocycles. The third-order valence-corrected chi connectivity index (χ3v) is 4.17. The molecular weight excluding hydrogens is 332 g/mol. The first kappa shape index (κ1) is 15.5. The Kier molecular flexibility index (Phi) is 4.04. The first-order valence-electron chi connectivity index (χ1n) is 7.92. The van der Waals surface area contributed by atoms with Crippen LogP contribution < -0.4 is 0 Å². The van der Waals surface area contributed by atoms with Crippen molar-refractivity contribution < 1.29 is 0 Å². The number of aromatic nitrogens is 2. The summed E-state index contributed by atoms with van der Waals surface area (Å²) in [4.78, 5) is 4.73. The van der Waals surface area contributed by atoms with Crippen molar-refractivity contribution in [2.45, 2.75) is 6.92 Å². The lowest BCUT2D eigenvalue weighted by Gasteiger charge is -2.00. The number of rotatable bonds is 3. The number of hydrogen-bond acceptors (Lipinski definition) is 3. The number of halogens is 1. The number of hydrogen-bond donors (Lipinski definition) is 0. The molecular formula is C20H15ClN4. The molecule has 0 radical (unpaired) electrons. The zero-order chi connectivity index (χ0) is 17.2. The molecule has 0 unspecified atom stereocenters. The third-order valence-electron chi connectivity index (χ3n) is 3.92. The molecule has 0 N–H and O–H groups in total. The average Bonchev–Trinajstić information content (AvgIpc) is 3.00. The lowest BCUT2D eigenvalue weighted by atomic mass is 10.1. The predicted octanol–water partition coefficient (Wildman–Crippen LogP) is 6.38. The van der Waals surface area contributed by atoms with Crippen LogP contribution in [0.15, 0.2) is 83.2 Å². The Balaban J connectivity index is 1.84. The van der Waals surface area contributed by atoms with Crippen molar-refractivity contribution in [1.82, 2.24) is 9.38 Å². The summed E-state index contributed by atoms with van der Waals surface area (Å²) >= 11 is 5.92. The van der Waals surface area contributed by atoms with Gasteiger partial charge in [-0.1, -0.05) is 47.5 Å². The fourth-order valence-electron chi connectivity index (χ4n) is 2.60. The van der Waals surface area contributed by atoms with Gasteiger partial charge in [0.15, 0.2) is 5.82 Å². The van der Waals surface area contributed by atoms with Gasteiger partial charge in [-0.2, -0.15) is 0 Å². The second-order valence-corrected chi connectivity index (χ2v) is 6.19. The normalized spacial score (nSPS) is 11.4. The van der Waals surface area contributed by atoms with Crippen molar-refractivity contribution in [2.75, 3.05) is 0 Å². The second kappa shape index (κ2) is 6.49. The van der Waals surface area contributed by atoms with E-state index in [4.69, 9.17) is 16.6 Å². The van der Waals surface area contributed by atoms with Crippen molar-refractivity contribution in [3.05, 3.63) is 83.5 Å². The van der Waals surface area contributed by atoms with Crippen LogP contribution in [-0.4, -0.2) is 9.38 Å². The zero-order valence-electron chi connectivity index (χ0n) is 13.6. The van der Waals surface area contributed by atoms with E-state index in [1.165, 1.54) is 5.56 Å². The molecule has 2 heterocycles. The van der Waals surface area contributed by atoms with Gasteiger partial charge in [-0.3, -0.25) is 4.40 Å². The molecule has 0 aliphatic heterocycles. The van der Waals surface area contributed by atoms with Gasteiger partial charge in [-0.25, -0.2) is 4.98 Å². The Labute approximate surface area is 150 Å². The lowest BCUT2D eigenvalue weighted by molar-refractivity contribution is 1.11. The Bertz CT molecular complexity index is 1050. The Morgan fingerprint density at radius 3 is 2.40 bits per heavy atom. The van der Waals surface area contributed by atoms with E-state index in [1.54, 1.807) is 12.1 Å². The number of pyridine rings is 1. The number of benzene rings is 2. The van der Waals surface area contributed by atoms with Gasteiger partial charge in [-0.05, 0) is 43.3 Å². The monoisotopic (exact) mass is 346 g/mol. The highest BCUT2D eigenvalue weighted by Gasteiger charge is 2.13. The van der Waals surface area contributed by atoms with Crippen molar-refractivity contribution >= 4 is 28.8 Å². The number of azo groups is 1. The smallest absolute Gasteiger partial charge is 0.187 e. The van der Waals surface area contributed by atoms with Crippen molar-refractivity contribution in [3.63, 3.8) is 0 Å². The van der Waals surface area contributed by atoms with Crippen LogP contribution in [0, 0.1) is 6.92 Å². The number of nitrogens with zero attached hydrogens (tertiary/aromatic N) is 4. The summed E-state index contributed by atoms with van der Waals surface area (Å²) in [6.07, 6.45) is 1.94. The van der Waals surface area contributed by atoms with Gasteiger partial charge < -0.3 is 0 Å². The van der Waals surface area contributed by atoms with E-state index in [0.29, 0.717) is 10.8 Å². The van der Waals surface area contributed by atoms with Gasteiger partial charge in [0.1, 0.15) is 11.3 Å². The molecule has 5 heteroatoms. The lowest BCUT2D eigenvalue weighted by Crippen LogP contribution is -1.81. The van der Waals surface area contributed by atoms with Crippen LogP contribution in [0.4, 0.5) is 11.5 Å². The maximum absolute atomic E-state index is 5.92. The molecule has 4 nitrogen and oxygen atoms in total. The van der Waals surface area contributed by atoms with Crippen LogP contribution >= 0.6 is 11.6 Å². The molecule has 0 fully saturated rings. The molecule has 0 bridgehead atoms. The molecule has 0 saturated heterocycles. The summed E-state index contributed by atoms with van der Waals surface area (Å²) in [7, 11) is 0. The molecule has 4 rings (SSSR count). The molecule has 0 spiro atoms. The van der Waals surface area contributed by atoms with Gasteiger partial charge in [0.05, 0.1) is 5.69 Å². The van der Waals surface area contributed by atoms with E-state index in [-0.39, 0.29) is 0 Å². The Morgan fingerprint density at radius 1 is 0.880 bits per heavy atom. The summed E-state index contributed by atoms with van der Waals surface area (Å²) in [5.41, 5.74) is 4.60. The molecule has 0 saturated carbocycles. The minimum Gasteiger partial charge on any atom is -0.283 e. The van der Waals surface area contributed by atoms with Crippen LogP contribution in [0.25, 0.3) is 16.9 Å². The van der Waals surface area contributed by atoms with Crippen LogP contribution in [0.3, 0.4) is 0 Å². The van der Waals surface area contributed by atoms with Gasteiger partial charge in [0, 0.05) is 16.8 Å². The van der Waals surface area contributed by atoms with Crippen molar-refractivity contribution in [1.29, 1.82) is 0 Å². The largest absolute Gasteiger partial charge is 0.283 e. The fourth-order valence-corrected chi connectivity index (χ4v) is 2.72. The predicted molar refractivity (Wildman–Crippen MR) is 101 cm³/mol. The molecule has 2 aromatic carbocycles. The number of aryl methyl sites for hydroxylation is 1. The van der Waals surface area contributed by atoms with E-state index in [9.17, 15) is 0 Å². The Morgan fingerprint density at radius 2 is 1.64 bits per heavy atom. The maximum atomic E-state index is 5.92. The zero-order valence-corrected chi connectivity index (χ0v) is 14.4. The first-order chi connectivity index (χ1) is 12.2. The third kappa shape index (κ3) is 3.16.